The molecule has 1 aromatic rings. The van der Waals surface area contributed by atoms with Gasteiger partial charge in [-0.05, 0) is 18.4 Å². The van der Waals surface area contributed by atoms with Crippen LogP contribution in [-0.4, -0.2) is 42.3 Å². The fourth-order valence-corrected chi connectivity index (χ4v) is 2.32. The van der Waals surface area contributed by atoms with Crippen molar-refractivity contribution in [1.29, 1.82) is 0 Å². The van der Waals surface area contributed by atoms with Gasteiger partial charge in [-0.2, -0.15) is 0 Å². The predicted octanol–water partition coefficient (Wildman–Crippen LogP) is 1.27. The van der Waals surface area contributed by atoms with Gasteiger partial charge in [0.05, 0.1) is 26.0 Å². The highest BCUT2D eigenvalue weighted by Gasteiger charge is 2.26. The smallest absolute Gasteiger partial charge is 0.341 e. The Balaban J connectivity index is 2.02. The fourth-order valence-electron chi connectivity index (χ4n) is 2.32. The highest BCUT2D eigenvalue weighted by atomic mass is 16.5. The minimum absolute atomic E-state index is 0.224. The molecule has 2 rings (SSSR count). The van der Waals surface area contributed by atoms with Crippen molar-refractivity contribution in [2.45, 2.75) is 26.0 Å². The number of methoxy groups -OCH3 is 1. The van der Waals surface area contributed by atoms with Gasteiger partial charge in [0.2, 0.25) is 0 Å². The Morgan fingerprint density at radius 2 is 2.44 bits per heavy atom. The third kappa shape index (κ3) is 2.73. The Labute approximate surface area is 106 Å². The van der Waals surface area contributed by atoms with Gasteiger partial charge in [-0.3, -0.25) is 4.90 Å². The zero-order chi connectivity index (χ0) is 13.1. The molecule has 1 aliphatic heterocycles. The number of likely N-dealkylation sites (tertiary alicyclic amines) is 1. The second-order valence-electron chi connectivity index (χ2n) is 4.82. The van der Waals surface area contributed by atoms with E-state index in [1.807, 2.05) is 6.92 Å². The van der Waals surface area contributed by atoms with Gasteiger partial charge >= 0.3 is 5.97 Å². The summed E-state index contributed by atoms with van der Waals surface area (Å²) in [7, 11) is 1.36. The van der Waals surface area contributed by atoms with Crippen molar-refractivity contribution in [3.05, 3.63) is 23.7 Å². The van der Waals surface area contributed by atoms with Gasteiger partial charge in [-0.15, -0.1) is 0 Å². The van der Waals surface area contributed by atoms with Gasteiger partial charge in [-0.1, -0.05) is 6.92 Å². The second-order valence-corrected chi connectivity index (χ2v) is 4.82. The van der Waals surface area contributed by atoms with Crippen LogP contribution in [0.1, 0.15) is 29.5 Å². The third-order valence-electron chi connectivity index (χ3n) is 3.46. The maximum Gasteiger partial charge on any atom is 0.341 e. The number of rotatable bonds is 3. The number of esters is 1. The fraction of sp³-hybridized carbons (Fsp3) is 0.615. The van der Waals surface area contributed by atoms with Crippen molar-refractivity contribution in [3.63, 3.8) is 0 Å². The molecule has 0 saturated carbocycles. The molecule has 2 heterocycles. The first-order valence-electron chi connectivity index (χ1n) is 6.17. The number of carbonyl (C=O) groups excluding carboxylic acids is 1. The Morgan fingerprint density at radius 1 is 1.67 bits per heavy atom. The number of aliphatic hydroxyl groups is 1. The Bertz CT molecular complexity index is 415. The molecular weight excluding hydrogens is 234 g/mol. The average Bonchev–Trinajstić information content (AvgIpc) is 2.81. The van der Waals surface area contributed by atoms with Crippen LogP contribution in [0, 0.1) is 5.92 Å². The number of hydrogen-bond donors (Lipinski definition) is 1. The van der Waals surface area contributed by atoms with Crippen molar-refractivity contribution < 1.29 is 19.1 Å². The van der Waals surface area contributed by atoms with Crippen LogP contribution in [0.4, 0.5) is 0 Å². The molecule has 2 unspecified atom stereocenters. The summed E-state index contributed by atoms with van der Waals surface area (Å²) in [5.41, 5.74) is 0.483. The maximum absolute atomic E-state index is 11.5. The summed E-state index contributed by atoms with van der Waals surface area (Å²) in [4.78, 5) is 13.7. The number of nitrogens with zero attached hydrogens (tertiary/aromatic N) is 1. The van der Waals surface area contributed by atoms with Crippen LogP contribution >= 0.6 is 0 Å². The van der Waals surface area contributed by atoms with Crippen LogP contribution < -0.4 is 0 Å². The molecule has 1 fully saturated rings. The summed E-state index contributed by atoms with van der Waals surface area (Å²) >= 11 is 0. The van der Waals surface area contributed by atoms with Gasteiger partial charge in [0.1, 0.15) is 11.3 Å². The molecule has 0 amide bonds. The molecule has 1 saturated heterocycles. The highest BCUT2D eigenvalue weighted by Crippen LogP contribution is 2.21. The molecule has 100 valence electrons. The molecule has 0 bridgehead atoms. The lowest BCUT2D eigenvalue weighted by molar-refractivity contribution is 0.0291. The van der Waals surface area contributed by atoms with E-state index < -0.39 is 0 Å². The van der Waals surface area contributed by atoms with E-state index in [4.69, 9.17) is 9.15 Å². The van der Waals surface area contributed by atoms with E-state index in [0.717, 1.165) is 19.5 Å². The molecule has 1 aliphatic rings. The molecule has 0 aromatic carbocycles. The van der Waals surface area contributed by atoms with Crippen molar-refractivity contribution in [2.24, 2.45) is 5.92 Å². The Hall–Kier alpha value is -1.33. The van der Waals surface area contributed by atoms with Gasteiger partial charge in [0.25, 0.3) is 0 Å². The van der Waals surface area contributed by atoms with Crippen LogP contribution in [0.3, 0.4) is 0 Å². The van der Waals surface area contributed by atoms with Crippen LogP contribution in [0.2, 0.25) is 0 Å². The summed E-state index contributed by atoms with van der Waals surface area (Å²) in [5.74, 6) is 0.504. The lowest BCUT2D eigenvalue weighted by Gasteiger charge is -2.33. The quantitative estimate of drug-likeness (QED) is 0.822. The maximum atomic E-state index is 11.5. The number of piperidine rings is 1. The number of carbonyl (C=O) groups is 1. The molecule has 5 heteroatoms. The second kappa shape index (κ2) is 5.54. The Morgan fingerprint density at radius 3 is 3.11 bits per heavy atom. The molecule has 5 nitrogen and oxygen atoms in total. The summed E-state index contributed by atoms with van der Waals surface area (Å²) in [6.07, 6.45) is 2.04. The van der Waals surface area contributed by atoms with E-state index in [1.54, 1.807) is 6.07 Å². The van der Waals surface area contributed by atoms with Gasteiger partial charge in [0.15, 0.2) is 0 Å². The van der Waals surface area contributed by atoms with Crippen molar-refractivity contribution in [3.8, 4) is 0 Å². The molecule has 1 aromatic heterocycles. The minimum Gasteiger partial charge on any atom is -0.467 e. The topological polar surface area (TPSA) is 62.9 Å². The van der Waals surface area contributed by atoms with Crippen molar-refractivity contribution >= 4 is 5.97 Å². The third-order valence-corrected chi connectivity index (χ3v) is 3.46. The summed E-state index contributed by atoms with van der Waals surface area (Å²) < 4.78 is 10.1. The lowest BCUT2D eigenvalue weighted by Crippen LogP contribution is -2.41. The van der Waals surface area contributed by atoms with E-state index >= 15 is 0 Å². The molecule has 2 atom stereocenters. The first-order valence-corrected chi connectivity index (χ1v) is 6.17. The number of furan rings is 1. The molecular formula is C13H19NO4. The number of ether oxygens (including phenoxy) is 1. The standard InChI is InChI=1S/C13H19NO4/c1-9-7-14(5-3-11(9)15)8-12-10(4-6-18-12)13(16)17-2/h4,6,9,11,15H,3,5,7-8H2,1-2H3. The van der Waals surface area contributed by atoms with Gasteiger partial charge < -0.3 is 14.3 Å². The Kier molecular flexibility index (Phi) is 4.04. The van der Waals surface area contributed by atoms with E-state index in [1.165, 1.54) is 13.4 Å². The van der Waals surface area contributed by atoms with Crippen molar-refractivity contribution in [2.75, 3.05) is 20.2 Å². The monoisotopic (exact) mass is 253 g/mol. The van der Waals surface area contributed by atoms with Crippen molar-refractivity contribution in [1.82, 2.24) is 4.90 Å². The van der Waals surface area contributed by atoms with Gasteiger partial charge in [0, 0.05) is 13.1 Å². The zero-order valence-electron chi connectivity index (χ0n) is 10.8. The molecule has 1 N–H and O–H groups in total. The SMILES string of the molecule is COC(=O)c1ccoc1CN1CCC(O)C(C)C1. The van der Waals surface area contributed by atoms with E-state index in [0.29, 0.717) is 17.9 Å². The summed E-state index contributed by atoms with van der Waals surface area (Å²) in [5, 5.41) is 9.68. The average molecular weight is 253 g/mol. The summed E-state index contributed by atoms with van der Waals surface area (Å²) in [6, 6.07) is 1.63. The minimum atomic E-state index is -0.371. The highest BCUT2D eigenvalue weighted by molar-refractivity contribution is 5.90. The molecule has 18 heavy (non-hydrogen) atoms. The molecule has 0 radical (unpaired) electrons. The predicted molar refractivity (Wildman–Crippen MR) is 65.1 cm³/mol. The molecule has 0 spiro atoms. The first kappa shape index (κ1) is 13.1. The molecule has 0 aliphatic carbocycles. The van der Waals surface area contributed by atoms with Crippen LogP contribution in [0.15, 0.2) is 16.7 Å². The number of hydrogen-bond acceptors (Lipinski definition) is 5. The van der Waals surface area contributed by atoms with E-state index in [9.17, 15) is 9.90 Å². The summed E-state index contributed by atoms with van der Waals surface area (Å²) in [6.45, 7) is 4.23. The zero-order valence-corrected chi connectivity index (χ0v) is 10.8. The van der Waals surface area contributed by atoms with E-state index in [-0.39, 0.29) is 18.0 Å². The number of aliphatic hydroxyl groups excluding tert-OH is 1. The first-order chi connectivity index (χ1) is 8.61. The van der Waals surface area contributed by atoms with Crippen LogP contribution in [-0.2, 0) is 11.3 Å². The largest absolute Gasteiger partial charge is 0.467 e. The van der Waals surface area contributed by atoms with Crippen LogP contribution in [0.25, 0.3) is 0 Å². The van der Waals surface area contributed by atoms with Gasteiger partial charge in [-0.25, -0.2) is 4.79 Å². The lowest BCUT2D eigenvalue weighted by atomic mass is 9.96. The van der Waals surface area contributed by atoms with E-state index in [2.05, 4.69) is 4.90 Å². The normalized spacial score (nSPS) is 25.1. The van der Waals surface area contributed by atoms with Crippen LogP contribution in [0.5, 0.6) is 0 Å².